The molecule has 0 aliphatic carbocycles. The van der Waals surface area contributed by atoms with Crippen LogP contribution in [0, 0.1) is 0 Å². The van der Waals surface area contributed by atoms with Crippen LogP contribution in [0.2, 0.25) is 0 Å². The van der Waals surface area contributed by atoms with Crippen LogP contribution < -0.4 is 5.32 Å². The Morgan fingerprint density at radius 2 is 2.22 bits per heavy atom. The van der Waals surface area contributed by atoms with Crippen LogP contribution in [0.3, 0.4) is 0 Å². The molecule has 2 aromatic rings. The highest BCUT2D eigenvalue weighted by atomic mass is 32.1. The second-order valence-electron chi connectivity index (χ2n) is 5.94. The lowest BCUT2D eigenvalue weighted by Gasteiger charge is -2.24. The number of benzene rings is 1. The van der Waals surface area contributed by atoms with Crippen LogP contribution in [0.4, 0.5) is 0 Å². The lowest BCUT2D eigenvalue weighted by molar-refractivity contribution is 0.0939. The smallest absolute Gasteiger partial charge is 0.265 e. The Hall–Kier alpha value is -1.79. The maximum atomic E-state index is 12.4. The summed E-state index contributed by atoms with van der Waals surface area (Å²) in [6.07, 6.45) is 1.72. The molecule has 23 heavy (non-hydrogen) atoms. The second-order valence-corrected chi connectivity index (χ2v) is 6.70. The van der Waals surface area contributed by atoms with Gasteiger partial charge in [-0.15, -0.1) is 5.10 Å². The SMILES string of the molecule is CCc1nnsc1C(=O)NC1CCN(C(C)c2ccccc2)C1. The first-order valence-electron chi connectivity index (χ1n) is 8.10. The summed E-state index contributed by atoms with van der Waals surface area (Å²) in [6, 6.07) is 11.1. The Morgan fingerprint density at radius 1 is 1.43 bits per heavy atom. The van der Waals surface area contributed by atoms with E-state index in [0.717, 1.165) is 31.6 Å². The van der Waals surface area contributed by atoms with Gasteiger partial charge in [-0.1, -0.05) is 41.7 Å². The van der Waals surface area contributed by atoms with E-state index in [1.54, 1.807) is 0 Å². The van der Waals surface area contributed by atoms with E-state index in [1.807, 2.05) is 13.0 Å². The first kappa shape index (κ1) is 16.1. The zero-order valence-corrected chi connectivity index (χ0v) is 14.3. The van der Waals surface area contributed by atoms with Crippen LogP contribution in [0.1, 0.15) is 47.2 Å². The molecule has 0 bridgehead atoms. The van der Waals surface area contributed by atoms with Gasteiger partial charge in [0.05, 0.1) is 5.69 Å². The Morgan fingerprint density at radius 3 is 2.96 bits per heavy atom. The molecule has 1 saturated heterocycles. The lowest BCUT2D eigenvalue weighted by Crippen LogP contribution is -2.37. The van der Waals surface area contributed by atoms with E-state index in [1.165, 1.54) is 17.1 Å². The molecule has 1 fully saturated rings. The summed E-state index contributed by atoms with van der Waals surface area (Å²) in [5.41, 5.74) is 2.11. The molecule has 6 heteroatoms. The third-order valence-electron chi connectivity index (χ3n) is 4.48. The van der Waals surface area contributed by atoms with Crippen molar-refractivity contribution < 1.29 is 4.79 Å². The molecule has 1 aliphatic heterocycles. The summed E-state index contributed by atoms with van der Waals surface area (Å²) in [5, 5.41) is 7.15. The molecule has 0 spiro atoms. The summed E-state index contributed by atoms with van der Waals surface area (Å²) in [5.74, 6) is -0.0314. The van der Waals surface area contributed by atoms with Crippen LogP contribution in [0.15, 0.2) is 30.3 Å². The molecule has 1 aliphatic rings. The molecule has 2 heterocycles. The summed E-state index contributed by atoms with van der Waals surface area (Å²) in [6.45, 7) is 6.10. The zero-order chi connectivity index (χ0) is 16.2. The largest absolute Gasteiger partial charge is 0.347 e. The highest BCUT2D eigenvalue weighted by Crippen LogP contribution is 2.24. The molecule has 1 N–H and O–H groups in total. The van der Waals surface area contributed by atoms with Gasteiger partial charge in [0.1, 0.15) is 4.88 Å². The van der Waals surface area contributed by atoms with Crippen molar-refractivity contribution in [3.8, 4) is 0 Å². The maximum absolute atomic E-state index is 12.4. The van der Waals surface area contributed by atoms with E-state index in [9.17, 15) is 4.79 Å². The highest BCUT2D eigenvalue weighted by Gasteiger charge is 2.28. The van der Waals surface area contributed by atoms with Gasteiger partial charge >= 0.3 is 0 Å². The molecule has 1 aromatic heterocycles. The molecule has 0 saturated carbocycles. The van der Waals surface area contributed by atoms with Crippen molar-refractivity contribution in [1.29, 1.82) is 0 Å². The number of aromatic nitrogens is 2. The van der Waals surface area contributed by atoms with Gasteiger partial charge in [-0.2, -0.15) is 0 Å². The van der Waals surface area contributed by atoms with Crippen molar-refractivity contribution in [2.45, 2.75) is 38.8 Å². The third-order valence-corrected chi connectivity index (χ3v) is 5.25. The number of carbonyl (C=O) groups is 1. The fourth-order valence-electron chi connectivity index (χ4n) is 3.06. The van der Waals surface area contributed by atoms with Crippen molar-refractivity contribution in [1.82, 2.24) is 19.8 Å². The molecule has 122 valence electrons. The van der Waals surface area contributed by atoms with Crippen LogP contribution >= 0.6 is 11.5 Å². The Balaban J connectivity index is 1.59. The highest BCUT2D eigenvalue weighted by molar-refractivity contribution is 7.08. The Kier molecular flexibility index (Phi) is 5.03. The number of rotatable bonds is 5. The lowest BCUT2D eigenvalue weighted by atomic mass is 10.1. The number of hydrogen-bond donors (Lipinski definition) is 1. The minimum Gasteiger partial charge on any atom is -0.347 e. The standard InChI is InChI=1S/C17H22N4OS/c1-3-15-16(23-20-19-15)17(22)18-14-9-10-21(11-14)12(2)13-7-5-4-6-8-13/h4-8,12,14H,3,9-11H2,1-2H3,(H,18,22). The van der Waals surface area contributed by atoms with Gasteiger partial charge < -0.3 is 5.32 Å². The first-order valence-corrected chi connectivity index (χ1v) is 8.87. The number of nitrogens with zero attached hydrogens (tertiary/aromatic N) is 3. The summed E-state index contributed by atoms with van der Waals surface area (Å²) < 4.78 is 3.89. The van der Waals surface area contributed by atoms with Gasteiger partial charge in [-0.25, -0.2) is 0 Å². The van der Waals surface area contributed by atoms with E-state index >= 15 is 0 Å². The van der Waals surface area contributed by atoms with Crippen molar-refractivity contribution in [3.05, 3.63) is 46.5 Å². The maximum Gasteiger partial charge on any atom is 0.265 e. The van der Waals surface area contributed by atoms with E-state index < -0.39 is 0 Å². The summed E-state index contributed by atoms with van der Waals surface area (Å²) in [4.78, 5) is 15.5. The van der Waals surface area contributed by atoms with Gasteiger partial charge in [0.2, 0.25) is 0 Å². The molecule has 2 atom stereocenters. The van der Waals surface area contributed by atoms with Crippen LogP contribution in [0.5, 0.6) is 0 Å². The van der Waals surface area contributed by atoms with Crippen LogP contribution in [-0.2, 0) is 6.42 Å². The number of carbonyl (C=O) groups excluding carboxylic acids is 1. The Labute approximate surface area is 140 Å². The minimum atomic E-state index is -0.0314. The van der Waals surface area contributed by atoms with E-state index in [0.29, 0.717) is 10.9 Å². The van der Waals surface area contributed by atoms with Gasteiger partial charge in [-0.05, 0) is 36.9 Å². The van der Waals surface area contributed by atoms with Crippen LogP contribution in [-0.4, -0.2) is 39.5 Å². The van der Waals surface area contributed by atoms with E-state index in [-0.39, 0.29) is 11.9 Å². The minimum absolute atomic E-state index is 0.0314. The fraction of sp³-hybridized carbons (Fsp3) is 0.471. The normalized spacial score (nSPS) is 19.7. The fourth-order valence-corrected chi connectivity index (χ4v) is 3.72. The van der Waals surface area contributed by atoms with Crippen molar-refractivity contribution in [2.24, 2.45) is 0 Å². The van der Waals surface area contributed by atoms with Crippen molar-refractivity contribution in [2.75, 3.05) is 13.1 Å². The van der Waals surface area contributed by atoms with Gasteiger partial charge in [0, 0.05) is 25.2 Å². The van der Waals surface area contributed by atoms with E-state index in [2.05, 4.69) is 51.0 Å². The molecule has 5 nitrogen and oxygen atoms in total. The van der Waals surface area contributed by atoms with E-state index in [4.69, 9.17) is 0 Å². The molecule has 2 unspecified atom stereocenters. The predicted molar refractivity (Wildman–Crippen MR) is 91.6 cm³/mol. The molecular formula is C17H22N4OS. The quantitative estimate of drug-likeness (QED) is 0.916. The third kappa shape index (κ3) is 3.59. The summed E-state index contributed by atoms with van der Waals surface area (Å²) in [7, 11) is 0. The Bertz CT molecular complexity index is 658. The zero-order valence-electron chi connectivity index (χ0n) is 13.5. The average molecular weight is 330 g/mol. The molecule has 3 rings (SSSR count). The summed E-state index contributed by atoms with van der Waals surface area (Å²) >= 11 is 1.18. The number of aryl methyl sites for hydroxylation is 1. The molecule has 1 amide bonds. The van der Waals surface area contributed by atoms with Crippen molar-refractivity contribution >= 4 is 17.4 Å². The topological polar surface area (TPSA) is 58.1 Å². The predicted octanol–water partition coefficient (Wildman–Crippen LogP) is 2.67. The number of amides is 1. The van der Waals surface area contributed by atoms with Gasteiger partial charge in [0.15, 0.2) is 0 Å². The average Bonchev–Trinajstić information content (AvgIpc) is 3.23. The molecule has 1 aromatic carbocycles. The molecule has 0 radical (unpaired) electrons. The number of likely N-dealkylation sites (tertiary alicyclic amines) is 1. The number of hydrogen-bond acceptors (Lipinski definition) is 5. The monoisotopic (exact) mass is 330 g/mol. The second kappa shape index (κ2) is 7.19. The van der Waals surface area contributed by atoms with Crippen LogP contribution in [0.25, 0.3) is 0 Å². The first-order chi connectivity index (χ1) is 11.2. The van der Waals surface area contributed by atoms with Gasteiger partial charge in [-0.3, -0.25) is 9.69 Å². The van der Waals surface area contributed by atoms with Gasteiger partial charge in [0.25, 0.3) is 5.91 Å². The molecular weight excluding hydrogens is 308 g/mol. The van der Waals surface area contributed by atoms with Crippen molar-refractivity contribution in [3.63, 3.8) is 0 Å². The number of nitrogens with one attached hydrogen (secondary N) is 1.